The summed E-state index contributed by atoms with van der Waals surface area (Å²) in [6.45, 7) is 3.46. The lowest BCUT2D eigenvalue weighted by Crippen LogP contribution is -2.40. The van der Waals surface area contributed by atoms with E-state index in [4.69, 9.17) is 9.47 Å². The zero-order chi connectivity index (χ0) is 20.0. The quantitative estimate of drug-likeness (QED) is 0.630. The molecule has 1 aliphatic heterocycles. The third kappa shape index (κ3) is 3.42. The summed E-state index contributed by atoms with van der Waals surface area (Å²) in [5.41, 5.74) is 1.30. The molecule has 1 aliphatic carbocycles. The van der Waals surface area contributed by atoms with Crippen molar-refractivity contribution in [2.75, 3.05) is 26.3 Å². The van der Waals surface area contributed by atoms with E-state index in [1.807, 2.05) is 6.92 Å². The number of hydrogen-bond donors (Lipinski definition) is 0. The van der Waals surface area contributed by atoms with Crippen LogP contribution in [0.1, 0.15) is 22.7 Å². The molecule has 2 aliphatic rings. The van der Waals surface area contributed by atoms with Gasteiger partial charge in [0.1, 0.15) is 16.4 Å². The number of fused-ring (bicyclic) bond motifs is 3. The van der Waals surface area contributed by atoms with Crippen molar-refractivity contribution >= 4 is 31.6 Å². The maximum Gasteiger partial charge on any atom is 0.243 e. The zero-order valence-corrected chi connectivity index (χ0v) is 17.7. The Kier molecular flexibility index (Phi) is 4.78. The van der Waals surface area contributed by atoms with Crippen molar-refractivity contribution in [3.63, 3.8) is 0 Å². The minimum Gasteiger partial charge on any atom is -0.438 e. The summed E-state index contributed by atoms with van der Waals surface area (Å²) >= 11 is 1.72. The second-order valence-electron chi connectivity index (χ2n) is 7.20. The Bertz CT molecular complexity index is 1170. The first-order valence-corrected chi connectivity index (χ1v) is 11.9. The molecule has 3 heterocycles. The Morgan fingerprint density at radius 3 is 2.62 bits per heavy atom. The van der Waals surface area contributed by atoms with Crippen molar-refractivity contribution < 1.29 is 17.9 Å². The number of hydrogen-bond acceptors (Lipinski definition) is 7. The predicted molar refractivity (Wildman–Crippen MR) is 110 cm³/mol. The van der Waals surface area contributed by atoms with Gasteiger partial charge in [-0.2, -0.15) is 9.29 Å². The van der Waals surface area contributed by atoms with Gasteiger partial charge in [-0.15, -0.1) is 11.3 Å². The molecule has 1 aromatic carbocycles. The molecule has 7 nitrogen and oxygen atoms in total. The Morgan fingerprint density at radius 2 is 1.86 bits per heavy atom. The molecule has 0 atom stereocenters. The standard InChI is InChI=1S/C20H21N3O4S2/c1-13-21-19(18-16-3-2-4-17(16)28-20(18)22-13)27-14-5-7-15(8-6-14)29(24,25)23-9-11-26-12-10-23/h5-8H,2-4,9-12H2,1H3. The number of thiophene rings is 1. The first-order chi connectivity index (χ1) is 14.0. The second kappa shape index (κ2) is 7.32. The van der Waals surface area contributed by atoms with Crippen molar-refractivity contribution in [1.82, 2.24) is 14.3 Å². The van der Waals surface area contributed by atoms with Gasteiger partial charge in [-0.1, -0.05) is 0 Å². The number of morpholine rings is 1. The summed E-state index contributed by atoms with van der Waals surface area (Å²) in [6.07, 6.45) is 3.26. The van der Waals surface area contributed by atoms with Crippen molar-refractivity contribution in [2.45, 2.75) is 31.1 Å². The van der Waals surface area contributed by atoms with Crippen molar-refractivity contribution in [2.24, 2.45) is 0 Å². The van der Waals surface area contributed by atoms with Gasteiger partial charge in [0.25, 0.3) is 0 Å². The molecule has 0 N–H and O–H groups in total. The minimum atomic E-state index is -3.52. The first-order valence-electron chi connectivity index (χ1n) is 9.67. The number of rotatable bonds is 4. The Balaban J connectivity index is 1.45. The molecule has 2 aromatic heterocycles. The topological polar surface area (TPSA) is 81.6 Å². The molecule has 5 rings (SSSR count). The summed E-state index contributed by atoms with van der Waals surface area (Å²) in [5.74, 6) is 1.78. The van der Waals surface area contributed by atoms with Crippen LogP contribution in [0.5, 0.6) is 11.6 Å². The molecule has 29 heavy (non-hydrogen) atoms. The Hall–Kier alpha value is -2.07. The second-order valence-corrected chi connectivity index (χ2v) is 10.2. The van der Waals surface area contributed by atoms with Crippen LogP contribution in [0.15, 0.2) is 29.2 Å². The Labute approximate surface area is 173 Å². The third-order valence-electron chi connectivity index (χ3n) is 5.29. The number of aromatic nitrogens is 2. The van der Waals surface area contributed by atoms with E-state index in [-0.39, 0.29) is 4.90 Å². The average Bonchev–Trinajstić information content (AvgIpc) is 3.30. The summed E-state index contributed by atoms with van der Waals surface area (Å²) in [4.78, 5) is 11.7. The van der Waals surface area contributed by atoms with Gasteiger partial charge in [0.2, 0.25) is 15.9 Å². The summed E-state index contributed by atoms with van der Waals surface area (Å²) in [5, 5.41) is 0.998. The van der Waals surface area contributed by atoms with E-state index in [9.17, 15) is 8.42 Å². The van der Waals surface area contributed by atoms with E-state index >= 15 is 0 Å². The maximum absolute atomic E-state index is 12.8. The highest BCUT2D eigenvalue weighted by Crippen LogP contribution is 2.41. The van der Waals surface area contributed by atoms with Gasteiger partial charge in [-0.05, 0) is 56.0 Å². The highest BCUT2D eigenvalue weighted by molar-refractivity contribution is 7.89. The van der Waals surface area contributed by atoms with Gasteiger partial charge in [0.05, 0.1) is 23.5 Å². The fraction of sp³-hybridized carbons (Fsp3) is 0.400. The minimum absolute atomic E-state index is 0.257. The van der Waals surface area contributed by atoms with Crippen LogP contribution >= 0.6 is 11.3 Å². The van der Waals surface area contributed by atoms with Gasteiger partial charge in [-0.3, -0.25) is 0 Å². The van der Waals surface area contributed by atoms with Crippen LogP contribution < -0.4 is 4.74 Å². The van der Waals surface area contributed by atoms with Gasteiger partial charge in [0.15, 0.2) is 0 Å². The lowest BCUT2D eigenvalue weighted by molar-refractivity contribution is 0.0730. The first kappa shape index (κ1) is 18.9. The normalized spacial score (nSPS) is 17.6. The number of sulfonamides is 1. The van der Waals surface area contributed by atoms with Gasteiger partial charge >= 0.3 is 0 Å². The molecule has 1 fully saturated rings. The van der Waals surface area contributed by atoms with E-state index in [0.29, 0.717) is 43.8 Å². The van der Waals surface area contributed by atoms with Crippen LogP contribution in [-0.2, 0) is 27.6 Å². The monoisotopic (exact) mass is 431 g/mol. The SMILES string of the molecule is Cc1nc(Oc2ccc(S(=O)(=O)N3CCOCC3)cc2)c2c3c(sc2n1)CCC3. The van der Waals surface area contributed by atoms with E-state index in [2.05, 4.69) is 9.97 Å². The summed E-state index contributed by atoms with van der Waals surface area (Å²) in [7, 11) is -3.52. The van der Waals surface area contributed by atoms with Crippen molar-refractivity contribution in [1.29, 1.82) is 0 Å². The van der Waals surface area contributed by atoms with Gasteiger partial charge < -0.3 is 9.47 Å². The lowest BCUT2D eigenvalue weighted by Gasteiger charge is -2.26. The third-order valence-corrected chi connectivity index (χ3v) is 8.39. The molecule has 9 heteroatoms. The van der Waals surface area contributed by atoms with Crippen LogP contribution in [0, 0.1) is 6.92 Å². The molecule has 0 saturated carbocycles. The molecule has 1 saturated heterocycles. The number of nitrogens with zero attached hydrogens (tertiary/aromatic N) is 3. The lowest BCUT2D eigenvalue weighted by atomic mass is 10.2. The molecule has 0 bridgehead atoms. The summed E-state index contributed by atoms with van der Waals surface area (Å²) < 4.78 is 38.4. The van der Waals surface area contributed by atoms with Crippen LogP contribution in [-0.4, -0.2) is 49.0 Å². The molecular formula is C20H21N3O4S2. The average molecular weight is 432 g/mol. The zero-order valence-electron chi connectivity index (χ0n) is 16.1. The molecule has 0 unspecified atom stereocenters. The van der Waals surface area contributed by atoms with Crippen LogP contribution in [0.25, 0.3) is 10.2 Å². The molecule has 3 aromatic rings. The molecular weight excluding hydrogens is 410 g/mol. The fourth-order valence-corrected chi connectivity index (χ4v) is 6.57. The molecule has 0 amide bonds. The van der Waals surface area contributed by atoms with Crippen LogP contribution in [0.3, 0.4) is 0 Å². The number of aryl methyl sites for hydroxylation is 3. The van der Waals surface area contributed by atoms with E-state index < -0.39 is 10.0 Å². The smallest absolute Gasteiger partial charge is 0.243 e. The van der Waals surface area contributed by atoms with Crippen LogP contribution in [0.4, 0.5) is 0 Å². The molecule has 0 radical (unpaired) electrons. The molecule has 0 spiro atoms. The van der Waals surface area contributed by atoms with Gasteiger partial charge in [-0.25, -0.2) is 13.4 Å². The maximum atomic E-state index is 12.8. The summed E-state index contributed by atoms with van der Waals surface area (Å²) in [6, 6.07) is 6.54. The van der Waals surface area contributed by atoms with Gasteiger partial charge in [0, 0.05) is 18.0 Å². The molecule has 152 valence electrons. The number of benzene rings is 1. The Morgan fingerprint density at radius 1 is 1.10 bits per heavy atom. The van der Waals surface area contributed by atoms with Crippen molar-refractivity contribution in [3.8, 4) is 11.6 Å². The largest absolute Gasteiger partial charge is 0.438 e. The van der Waals surface area contributed by atoms with E-state index in [0.717, 1.165) is 29.5 Å². The highest BCUT2D eigenvalue weighted by atomic mass is 32.2. The van der Waals surface area contributed by atoms with Crippen LogP contribution in [0.2, 0.25) is 0 Å². The predicted octanol–water partition coefficient (Wildman–Crippen LogP) is 3.30. The van der Waals surface area contributed by atoms with E-state index in [1.165, 1.54) is 14.7 Å². The number of ether oxygens (including phenoxy) is 2. The van der Waals surface area contributed by atoms with Crippen molar-refractivity contribution in [3.05, 3.63) is 40.5 Å². The fourth-order valence-electron chi connectivity index (χ4n) is 3.87. The highest BCUT2D eigenvalue weighted by Gasteiger charge is 2.27. The van der Waals surface area contributed by atoms with E-state index in [1.54, 1.807) is 35.6 Å².